The Balaban J connectivity index is 0.978. The Kier molecular flexibility index (Phi) is 8.94. The molecule has 12 rings (SSSR count). The number of nitrogens with zero attached hydrogens (tertiary/aromatic N) is 2. The van der Waals surface area contributed by atoms with Gasteiger partial charge in [0.25, 0.3) is 0 Å². The lowest BCUT2D eigenvalue weighted by molar-refractivity contribution is 0.659. The first-order valence-corrected chi connectivity index (χ1v) is 22.5. The highest BCUT2D eigenvalue weighted by atomic mass is 15.0. The normalized spacial score (nSPS) is 19.5. The van der Waals surface area contributed by atoms with Crippen LogP contribution in [0.3, 0.4) is 0 Å². The van der Waals surface area contributed by atoms with Crippen LogP contribution in [0.25, 0.3) is 67.0 Å². The Labute approximate surface area is 357 Å². The molecular formula is C58H49N3. The topological polar surface area (TPSA) is 29.3 Å². The SMILES string of the molecule is C1=CCCC(C2C=C(c3cccc(-c4cccc5c6ccccc6c6cc(C7C=c8c9c(n(C%10=CC=CCC%10)c8=CC7)CCCC9)ccc6c45)c3)NC(c3ccccc3)=N2)=C1. The van der Waals surface area contributed by atoms with Gasteiger partial charge in [0.2, 0.25) is 0 Å². The Morgan fingerprint density at radius 1 is 0.607 bits per heavy atom. The summed E-state index contributed by atoms with van der Waals surface area (Å²) in [6.07, 6.45) is 31.4. The van der Waals surface area contributed by atoms with Crippen LogP contribution in [0.4, 0.5) is 0 Å². The second-order valence-corrected chi connectivity index (χ2v) is 17.5. The van der Waals surface area contributed by atoms with E-state index in [2.05, 4.69) is 180 Å². The average Bonchev–Trinajstić information content (AvgIpc) is 3.68. The molecule has 0 bridgehead atoms. The number of allylic oxidation sites excluding steroid dienone is 7. The van der Waals surface area contributed by atoms with Gasteiger partial charge in [0.05, 0.1) is 6.04 Å². The molecule has 3 nitrogen and oxygen atoms in total. The fraction of sp³-hybridized carbons (Fsp3) is 0.190. The van der Waals surface area contributed by atoms with E-state index in [0.717, 1.165) is 54.8 Å². The van der Waals surface area contributed by atoms with Crippen molar-refractivity contribution < 1.29 is 0 Å². The highest BCUT2D eigenvalue weighted by molar-refractivity contribution is 6.28. The predicted octanol–water partition coefficient (Wildman–Crippen LogP) is 12.5. The molecule has 0 radical (unpaired) electrons. The number of aliphatic imine (C=N–C) groups is 1. The molecule has 1 N–H and O–H groups in total. The van der Waals surface area contributed by atoms with Crippen LogP contribution in [-0.2, 0) is 12.8 Å². The van der Waals surface area contributed by atoms with E-state index in [1.165, 1.54) is 96.5 Å². The van der Waals surface area contributed by atoms with E-state index in [4.69, 9.17) is 4.99 Å². The van der Waals surface area contributed by atoms with Gasteiger partial charge in [-0.15, -0.1) is 0 Å². The molecule has 2 unspecified atom stereocenters. The monoisotopic (exact) mass is 787 g/mol. The molecule has 0 spiro atoms. The zero-order valence-electron chi connectivity index (χ0n) is 34.6. The molecule has 296 valence electrons. The molecule has 1 aromatic heterocycles. The second-order valence-electron chi connectivity index (χ2n) is 17.5. The maximum Gasteiger partial charge on any atom is 0.133 e. The zero-order valence-corrected chi connectivity index (χ0v) is 34.6. The molecule has 6 aromatic carbocycles. The third kappa shape index (κ3) is 6.29. The number of nitrogens with one attached hydrogen (secondary N) is 1. The Morgan fingerprint density at radius 2 is 1.36 bits per heavy atom. The third-order valence-electron chi connectivity index (χ3n) is 13.9. The molecule has 0 fully saturated rings. The molecular weight excluding hydrogens is 739 g/mol. The summed E-state index contributed by atoms with van der Waals surface area (Å²) in [7, 11) is 0. The highest BCUT2D eigenvalue weighted by Gasteiger charge is 2.25. The van der Waals surface area contributed by atoms with Gasteiger partial charge in [-0.25, -0.2) is 0 Å². The van der Waals surface area contributed by atoms with Gasteiger partial charge in [0.1, 0.15) is 5.84 Å². The molecule has 2 heterocycles. The molecule has 0 saturated heterocycles. The lowest BCUT2D eigenvalue weighted by atomic mass is 9.85. The first-order valence-electron chi connectivity index (χ1n) is 22.5. The lowest BCUT2D eigenvalue weighted by Crippen LogP contribution is -2.33. The van der Waals surface area contributed by atoms with Crippen molar-refractivity contribution in [3.8, 4) is 11.1 Å². The minimum absolute atomic E-state index is 0.00948. The van der Waals surface area contributed by atoms with Crippen molar-refractivity contribution in [2.75, 3.05) is 0 Å². The fourth-order valence-corrected chi connectivity index (χ4v) is 10.9. The lowest BCUT2D eigenvalue weighted by Gasteiger charge is -2.25. The van der Waals surface area contributed by atoms with Gasteiger partial charge in [-0.3, -0.25) is 4.99 Å². The second kappa shape index (κ2) is 15.1. The van der Waals surface area contributed by atoms with Crippen LogP contribution in [0.1, 0.15) is 78.8 Å². The average molecular weight is 788 g/mol. The number of benzene rings is 6. The third-order valence-corrected chi connectivity index (χ3v) is 13.9. The fourth-order valence-electron chi connectivity index (χ4n) is 10.9. The summed E-state index contributed by atoms with van der Waals surface area (Å²) in [5.74, 6) is 1.26. The van der Waals surface area contributed by atoms with Crippen molar-refractivity contribution >= 4 is 61.7 Å². The van der Waals surface area contributed by atoms with E-state index < -0.39 is 0 Å². The molecule has 1 aliphatic heterocycles. The van der Waals surface area contributed by atoms with E-state index in [-0.39, 0.29) is 6.04 Å². The van der Waals surface area contributed by atoms with Gasteiger partial charge in [-0.1, -0.05) is 146 Å². The summed E-state index contributed by atoms with van der Waals surface area (Å²) in [5.41, 5.74) is 13.2. The molecule has 5 aliphatic rings. The van der Waals surface area contributed by atoms with Gasteiger partial charge in [-0.2, -0.15) is 0 Å². The summed E-state index contributed by atoms with van der Waals surface area (Å²) in [6.45, 7) is 0. The van der Waals surface area contributed by atoms with Crippen molar-refractivity contribution in [1.82, 2.24) is 9.88 Å². The van der Waals surface area contributed by atoms with Gasteiger partial charge in [0.15, 0.2) is 0 Å². The van der Waals surface area contributed by atoms with Crippen molar-refractivity contribution in [3.63, 3.8) is 0 Å². The van der Waals surface area contributed by atoms with E-state index in [1.54, 1.807) is 11.3 Å². The van der Waals surface area contributed by atoms with Crippen molar-refractivity contribution in [2.45, 2.75) is 69.7 Å². The summed E-state index contributed by atoms with van der Waals surface area (Å²) in [4.78, 5) is 5.24. The molecule has 2 atom stereocenters. The zero-order chi connectivity index (χ0) is 40.3. The van der Waals surface area contributed by atoms with E-state index in [9.17, 15) is 0 Å². The van der Waals surface area contributed by atoms with E-state index in [1.807, 2.05) is 0 Å². The Hall–Kier alpha value is -6.71. The van der Waals surface area contributed by atoms with Crippen LogP contribution in [0.5, 0.6) is 0 Å². The highest BCUT2D eigenvalue weighted by Crippen LogP contribution is 2.42. The number of hydrogen-bond donors (Lipinski definition) is 1. The van der Waals surface area contributed by atoms with Gasteiger partial charge in [0, 0.05) is 33.9 Å². The first-order chi connectivity index (χ1) is 30.2. The summed E-state index contributed by atoms with van der Waals surface area (Å²) in [5, 5.41) is 14.6. The molecule has 0 saturated carbocycles. The van der Waals surface area contributed by atoms with Gasteiger partial charge in [-0.05, 0) is 153 Å². The quantitative estimate of drug-likeness (QED) is 0.167. The van der Waals surface area contributed by atoms with Crippen LogP contribution in [0.15, 0.2) is 168 Å². The summed E-state index contributed by atoms with van der Waals surface area (Å²) >= 11 is 0. The number of hydrogen-bond acceptors (Lipinski definition) is 2. The van der Waals surface area contributed by atoms with Crippen LogP contribution in [0, 0.1) is 0 Å². The van der Waals surface area contributed by atoms with Crippen LogP contribution in [0.2, 0.25) is 0 Å². The molecule has 61 heavy (non-hydrogen) atoms. The molecule has 3 heteroatoms. The number of fused-ring (bicyclic) bond motifs is 9. The largest absolute Gasteiger partial charge is 0.340 e. The van der Waals surface area contributed by atoms with Crippen molar-refractivity contribution in [2.24, 2.45) is 4.99 Å². The van der Waals surface area contributed by atoms with Crippen LogP contribution in [-0.4, -0.2) is 16.4 Å². The molecule has 0 amide bonds. The van der Waals surface area contributed by atoms with Crippen LogP contribution < -0.4 is 15.9 Å². The van der Waals surface area contributed by atoms with E-state index in [0.29, 0.717) is 5.92 Å². The number of amidine groups is 1. The number of aromatic nitrogens is 1. The minimum atomic E-state index is -0.00948. The minimum Gasteiger partial charge on any atom is -0.340 e. The molecule has 7 aromatic rings. The Bertz CT molecular complexity index is 3250. The summed E-state index contributed by atoms with van der Waals surface area (Å²) in [6, 6.07) is 43.0. The standard InChI is InChI=1S/C58H49N3/c1-4-16-38(17-5-1)53-37-54(60-58(59-53)39-18-6-2-7-19-39)43-21-14-20-42(34-43)45-27-15-28-49-46-24-10-11-25-47(46)51-35-40(30-32-50(51)57(45)49)41-31-33-56-52(36-41)48-26-12-13-29-55(48)61(56)44-22-8-3-9-23-44/h1-4,6-8,10-11,14-16,18-22,24-25,27-28,30,32-37,41,53H,5,9,12-13,17,23,26,29,31H2,(H,59,60). The van der Waals surface area contributed by atoms with Crippen LogP contribution >= 0.6 is 0 Å². The smallest absolute Gasteiger partial charge is 0.133 e. The maximum absolute atomic E-state index is 5.24. The maximum atomic E-state index is 5.24. The number of rotatable bonds is 6. The predicted molar refractivity (Wildman–Crippen MR) is 258 cm³/mol. The molecule has 4 aliphatic carbocycles. The van der Waals surface area contributed by atoms with Gasteiger partial charge >= 0.3 is 0 Å². The van der Waals surface area contributed by atoms with Crippen molar-refractivity contribution in [3.05, 3.63) is 202 Å². The van der Waals surface area contributed by atoms with E-state index >= 15 is 0 Å². The van der Waals surface area contributed by atoms with Gasteiger partial charge < -0.3 is 9.88 Å². The Morgan fingerprint density at radius 3 is 2.21 bits per heavy atom. The summed E-state index contributed by atoms with van der Waals surface area (Å²) < 4.78 is 2.65. The first kappa shape index (κ1) is 36.2. The van der Waals surface area contributed by atoms with Crippen molar-refractivity contribution in [1.29, 1.82) is 0 Å².